The topological polar surface area (TPSA) is 0 Å². The second-order valence-electron chi connectivity index (χ2n) is 2.51. The van der Waals surface area contributed by atoms with Gasteiger partial charge in [0.25, 0.3) is 0 Å². The molecular formula is C11H11. The largest absolute Gasteiger partial charge is 0.0961 e. The Morgan fingerprint density at radius 3 is 2.64 bits per heavy atom. The molecule has 0 atom stereocenters. The van der Waals surface area contributed by atoms with E-state index in [-0.39, 0.29) is 0 Å². The first-order valence-electron chi connectivity index (χ1n) is 3.59. The van der Waals surface area contributed by atoms with Crippen LogP contribution >= 0.6 is 0 Å². The Morgan fingerprint density at radius 1 is 1.45 bits per heavy atom. The van der Waals surface area contributed by atoms with Gasteiger partial charge in [0.1, 0.15) is 0 Å². The Balaban J connectivity index is 2.72. The lowest BCUT2D eigenvalue weighted by molar-refractivity contribution is 1.56. The predicted molar refractivity (Wildman–Crippen MR) is 49.1 cm³/mol. The third-order valence-electron chi connectivity index (χ3n) is 1.30. The van der Waals surface area contributed by atoms with Crippen LogP contribution in [-0.2, 0) is 0 Å². The molecule has 0 N–H and O–H groups in total. The first-order chi connectivity index (χ1) is 5.29. The van der Waals surface area contributed by atoms with Crippen LogP contribution < -0.4 is 0 Å². The van der Waals surface area contributed by atoms with Gasteiger partial charge < -0.3 is 0 Å². The van der Waals surface area contributed by atoms with Crippen molar-refractivity contribution in [3.05, 3.63) is 54.1 Å². The number of benzene rings is 1. The fourth-order valence-electron chi connectivity index (χ4n) is 0.749. The van der Waals surface area contributed by atoms with Gasteiger partial charge in [-0.3, -0.25) is 0 Å². The molecule has 0 aliphatic rings. The maximum atomic E-state index is 3.78. The van der Waals surface area contributed by atoms with Crippen LogP contribution in [0.3, 0.4) is 0 Å². The zero-order valence-corrected chi connectivity index (χ0v) is 6.67. The monoisotopic (exact) mass is 143 g/mol. The molecule has 0 fully saturated rings. The van der Waals surface area contributed by atoms with Gasteiger partial charge in [-0.15, -0.1) is 0 Å². The average molecular weight is 143 g/mol. The molecule has 1 radical (unpaired) electrons. The van der Waals surface area contributed by atoms with E-state index in [4.69, 9.17) is 0 Å². The first-order valence-corrected chi connectivity index (χ1v) is 3.59. The third-order valence-corrected chi connectivity index (χ3v) is 1.30. The number of allylic oxidation sites excluding steroid dienone is 2. The Bertz CT molecular complexity index is 255. The van der Waals surface area contributed by atoms with Gasteiger partial charge in [-0.25, -0.2) is 0 Å². The third kappa shape index (κ3) is 2.85. The highest BCUT2D eigenvalue weighted by Crippen LogP contribution is 2.02. The van der Waals surface area contributed by atoms with Crippen molar-refractivity contribution in [2.24, 2.45) is 0 Å². The predicted octanol–water partition coefficient (Wildman–Crippen LogP) is 3.08. The molecule has 0 aromatic heterocycles. The van der Waals surface area contributed by atoms with E-state index in [1.54, 1.807) is 0 Å². The maximum absolute atomic E-state index is 3.78. The molecule has 0 aliphatic carbocycles. The summed E-state index contributed by atoms with van der Waals surface area (Å²) in [5, 5.41) is 0. The second kappa shape index (κ2) is 3.77. The van der Waals surface area contributed by atoms with Crippen molar-refractivity contribution >= 4 is 6.08 Å². The Kier molecular flexibility index (Phi) is 2.67. The van der Waals surface area contributed by atoms with Crippen molar-refractivity contribution in [3.8, 4) is 0 Å². The van der Waals surface area contributed by atoms with Gasteiger partial charge in [0, 0.05) is 0 Å². The Hall–Kier alpha value is -1.30. The molecule has 0 saturated heterocycles. The highest BCUT2D eigenvalue weighted by Gasteiger charge is 1.81. The fourth-order valence-corrected chi connectivity index (χ4v) is 0.749. The molecule has 0 aliphatic heterocycles. The van der Waals surface area contributed by atoms with Crippen molar-refractivity contribution < 1.29 is 0 Å². The first kappa shape index (κ1) is 7.80. The van der Waals surface area contributed by atoms with Crippen molar-refractivity contribution in [3.63, 3.8) is 0 Å². The van der Waals surface area contributed by atoms with Crippen LogP contribution in [0.15, 0.2) is 42.5 Å². The molecule has 0 nitrogen and oxygen atoms in total. The summed E-state index contributed by atoms with van der Waals surface area (Å²) < 4.78 is 0. The lowest BCUT2D eigenvalue weighted by Crippen LogP contribution is -1.68. The van der Waals surface area contributed by atoms with Crippen LogP contribution in [0, 0.1) is 6.07 Å². The van der Waals surface area contributed by atoms with Crippen LogP contribution in [0.4, 0.5) is 0 Å². The van der Waals surface area contributed by atoms with Crippen molar-refractivity contribution in [1.29, 1.82) is 0 Å². The van der Waals surface area contributed by atoms with Crippen LogP contribution in [0.5, 0.6) is 0 Å². The standard InChI is InChI=1S/C11H11/c1-10(2)8-9-11-6-4-3-5-7-11/h4-9H,1H2,2H3. The molecule has 0 amide bonds. The highest BCUT2D eigenvalue weighted by atomic mass is 13.9. The van der Waals surface area contributed by atoms with Gasteiger partial charge in [0.05, 0.1) is 0 Å². The van der Waals surface area contributed by atoms with Gasteiger partial charge in [0.15, 0.2) is 0 Å². The second-order valence-corrected chi connectivity index (χ2v) is 2.51. The summed E-state index contributed by atoms with van der Waals surface area (Å²) >= 11 is 0. The lowest BCUT2D eigenvalue weighted by Gasteiger charge is -1.89. The normalized spacial score (nSPS) is 10.3. The number of hydrogen-bond acceptors (Lipinski definition) is 0. The van der Waals surface area contributed by atoms with Crippen molar-refractivity contribution in [2.45, 2.75) is 6.92 Å². The maximum Gasteiger partial charge on any atom is -0.0184 e. The summed E-state index contributed by atoms with van der Waals surface area (Å²) in [6.07, 6.45) is 4.03. The van der Waals surface area contributed by atoms with E-state index in [9.17, 15) is 0 Å². The zero-order chi connectivity index (χ0) is 8.10. The van der Waals surface area contributed by atoms with Gasteiger partial charge in [0.2, 0.25) is 0 Å². The molecule has 0 spiro atoms. The Morgan fingerprint density at radius 2 is 2.09 bits per heavy atom. The lowest BCUT2D eigenvalue weighted by atomic mass is 10.2. The summed E-state index contributed by atoms with van der Waals surface area (Å²) in [5.41, 5.74) is 2.25. The molecule has 1 aromatic carbocycles. The minimum atomic E-state index is 1.07. The van der Waals surface area contributed by atoms with Crippen LogP contribution in [0.2, 0.25) is 0 Å². The smallest absolute Gasteiger partial charge is 0.0184 e. The molecule has 11 heavy (non-hydrogen) atoms. The van der Waals surface area contributed by atoms with E-state index < -0.39 is 0 Å². The van der Waals surface area contributed by atoms with E-state index in [2.05, 4.69) is 12.6 Å². The van der Waals surface area contributed by atoms with E-state index in [0.717, 1.165) is 5.57 Å². The molecule has 1 rings (SSSR count). The van der Waals surface area contributed by atoms with Gasteiger partial charge in [-0.05, 0) is 18.6 Å². The molecule has 55 valence electrons. The van der Waals surface area contributed by atoms with Crippen molar-refractivity contribution in [2.75, 3.05) is 0 Å². The molecule has 0 heteroatoms. The minimum Gasteiger partial charge on any atom is -0.0961 e. The number of rotatable bonds is 2. The van der Waals surface area contributed by atoms with E-state index >= 15 is 0 Å². The van der Waals surface area contributed by atoms with Crippen molar-refractivity contribution in [1.82, 2.24) is 0 Å². The minimum absolute atomic E-state index is 1.07. The molecule has 0 bridgehead atoms. The zero-order valence-electron chi connectivity index (χ0n) is 6.67. The summed E-state index contributed by atoms with van der Waals surface area (Å²) in [6, 6.07) is 10.8. The summed E-state index contributed by atoms with van der Waals surface area (Å²) in [5.74, 6) is 0. The number of hydrogen-bond donors (Lipinski definition) is 0. The molecule has 0 saturated carbocycles. The quantitative estimate of drug-likeness (QED) is 0.558. The fraction of sp³-hybridized carbons (Fsp3) is 0.0909. The molecule has 0 unspecified atom stereocenters. The highest BCUT2D eigenvalue weighted by molar-refractivity contribution is 5.51. The van der Waals surface area contributed by atoms with E-state index in [1.807, 2.05) is 43.3 Å². The van der Waals surface area contributed by atoms with Crippen LogP contribution in [-0.4, -0.2) is 0 Å². The summed E-state index contributed by atoms with van der Waals surface area (Å²) in [7, 11) is 0. The molecule has 0 heterocycles. The SMILES string of the molecule is C=C(C)C=Cc1cc[c]cc1. The van der Waals surface area contributed by atoms with Gasteiger partial charge >= 0.3 is 0 Å². The molecular weight excluding hydrogens is 132 g/mol. The van der Waals surface area contributed by atoms with E-state index in [0.29, 0.717) is 0 Å². The summed E-state index contributed by atoms with van der Waals surface area (Å²) in [6.45, 7) is 5.75. The average Bonchev–Trinajstić information content (AvgIpc) is 2.03. The van der Waals surface area contributed by atoms with E-state index in [1.165, 1.54) is 5.56 Å². The van der Waals surface area contributed by atoms with Crippen LogP contribution in [0.25, 0.3) is 6.08 Å². The van der Waals surface area contributed by atoms with Gasteiger partial charge in [-0.1, -0.05) is 48.6 Å². The Labute approximate surface area is 67.9 Å². The van der Waals surface area contributed by atoms with Gasteiger partial charge in [-0.2, -0.15) is 0 Å². The summed E-state index contributed by atoms with van der Waals surface area (Å²) in [4.78, 5) is 0. The van der Waals surface area contributed by atoms with Crippen LogP contribution in [0.1, 0.15) is 12.5 Å². The molecule has 1 aromatic rings.